The van der Waals surface area contributed by atoms with Crippen molar-refractivity contribution in [3.05, 3.63) is 21.7 Å². The Morgan fingerprint density at radius 2 is 2.42 bits per heavy atom. The van der Waals surface area contributed by atoms with Crippen LogP contribution in [0.5, 0.6) is 11.5 Å². The molecule has 2 rings (SSSR count). The molecule has 3 N–H and O–H groups in total. The van der Waals surface area contributed by atoms with Crippen LogP contribution in [0.2, 0.25) is 0 Å². The van der Waals surface area contributed by atoms with Gasteiger partial charge in [0.1, 0.15) is 0 Å². The summed E-state index contributed by atoms with van der Waals surface area (Å²) in [6.45, 7) is 0.623. The van der Waals surface area contributed by atoms with Gasteiger partial charge in [0.2, 0.25) is 0 Å². The predicted molar refractivity (Wildman–Crippen MR) is 73.7 cm³/mol. The first-order valence-corrected chi connectivity index (χ1v) is 6.83. The van der Waals surface area contributed by atoms with Gasteiger partial charge in [0, 0.05) is 28.9 Å². The molecule has 1 atom stereocenters. The van der Waals surface area contributed by atoms with Gasteiger partial charge in [-0.2, -0.15) is 0 Å². The van der Waals surface area contributed by atoms with Crippen LogP contribution < -0.4 is 15.2 Å². The number of hydrogen-bond acceptors (Lipinski definition) is 4. The van der Waals surface area contributed by atoms with E-state index in [1.165, 1.54) is 0 Å². The van der Waals surface area contributed by atoms with Crippen molar-refractivity contribution < 1.29 is 19.4 Å². The molecule has 1 aromatic rings. The SMILES string of the molecule is COc1cc(C(N)CCC(=O)O)c(Br)c2c1OCC2. The molecule has 0 aliphatic carbocycles. The fourth-order valence-corrected chi connectivity index (χ4v) is 2.97. The van der Waals surface area contributed by atoms with E-state index in [0.717, 1.165) is 27.8 Å². The topological polar surface area (TPSA) is 81.8 Å². The quantitative estimate of drug-likeness (QED) is 0.865. The first kappa shape index (κ1) is 14.1. The minimum Gasteiger partial charge on any atom is -0.493 e. The summed E-state index contributed by atoms with van der Waals surface area (Å²) in [6, 6.07) is 1.48. The van der Waals surface area contributed by atoms with Crippen molar-refractivity contribution in [2.45, 2.75) is 25.3 Å². The number of ether oxygens (including phenoxy) is 2. The summed E-state index contributed by atoms with van der Waals surface area (Å²) in [7, 11) is 1.58. The highest BCUT2D eigenvalue weighted by molar-refractivity contribution is 9.10. The zero-order chi connectivity index (χ0) is 14.0. The van der Waals surface area contributed by atoms with Crippen LogP contribution in [0.4, 0.5) is 0 Å². The van der Waals surface area contributed by atoms with E-state index < -0.39 is 5.97 Å². The standard InChI is InChI=1S/C13H16BrNO4/c1-18-10-6-8(9(15)2-3-11(16)17)12(14)7-4-5-19-13(7)10/h6,9H,2-5,15H2,1H3,(H,16,17). The van der Waals surface area contributed by atoms with Crippen molar-refractivity contribution in [2.24, 2.45) is 5.73 Å². The third-order valence-corrected chi connectivity index (χ3v) is 4.13. The van der Waals surface area contributed by atoms with E-state index in [2.05, 4.69) is 15.9 Å². The highest BCUT2D eigenvalue weighted by atomic mass is 79.9. The van der Waals surface area contributed by atoms with Crippen molar-refractivity contribution in [3.63, 3.8) is 0 Å². The molecule has 0 saturated heterocycles. The molecule has 0 amide bonds. The molecule has 1 aromatic carbocycles. The van der Waals surface area contributed by atoms with E-state index in [9.17, 15) is 4.79 Å². The van der Waals surface area contributed by atoms with Crippen molar-refractivity contribution >= 4 is 21.9 Å². The van der Waals surface area contributed by atoms with Crippen LogP contribution in [0.3, 0.4) is 0 Å². The summed E-state index contributed by atoms with van der Waals surface area (Å²) >= 11 is 3.54. The maximum atomic E-state index is 10.6. The Bertz CT molecular complexity index is 504. The summed E-state index contributed by atoms with van der Waals surface area (Å²) in [5.74, 6) is 0.558. The van der Waals surface area contributed by atoms with E-state index in [-0.39, 0.29) is 12.5 Å². The molecule has 104 valence electrons. The number of aliphatic carboxylic acids is 1. The van der Waals surface area contributed by atoms with Crippen LogP contribution in [0, 0.1) is 0 Å². The maximum Gasteiger partial charge on any atom is 0.303 e. The Morgan fingerprint density at radius 3 is 3.05 bits per heavy atom. The number of hydrogen-bond donors (Lipinski definition) is 2. The summed E-state index contributed by atoms with van der Waals surface area (Å²) in [5.41, 5.74) is 7.98. The van der Waals surface area contributed by atoms with Crippen molar-refractivity contribution in [3.8, 4) is 11.5 Å². The lowest BCUT2D eigenvalue weighted by Crippen LogP contribution is -2.13. The van der Waals surface area contributed by atoms with Crippen molar-refractivity contribution in [1.29, 1.82) is 0 Å². The normalized spacial score (nSPS) is 14.7. The number of nitrogens with two attached hydrogens (primary N) is 1. The summed E-state index contributed by atoms with van der Waals surface area (Å²) in [5, 5.41) is 8.72. The van der Waals surface area contributed by atoms with Crippen LogP contribution in [0.1, 0.15) is 30.0 Å². The number of carbonyl (C=O) groups is 1. The summed E-state index contributed by atoms with van der Waals surface area (Å²) in [6.07, 6.45) is 1.23. The highest BCUT2D eigenvalue weighted by Crippen LogP contribution is 2.44. The predicted octanol–water partition coefficient (Wildman–Crippen LogP) is 2.26. The lowest BCUT2D eigenvalue weighted by Gasteiger charge is -2.17. The molecule has 0 aromatic heterocycles. The molecule has 0 fully saturated rings. The maximum absolute atomic E-state index is 10.6. The van der Waals surface area contributed by atoms with E-state index >= 15 is 0 Å². The molecule has 0 radical (unpaired) electrons. The lowest BCUT2D eigenvalue weighted by atomic mass is 9.99. The monoisotopic (exact) mass is 329 g/mol. The van der Waals surface area contributed by atoms with Crippen LogP contribution in [0.25, 0.3) is 0 Å². The number of halogens is 1. The molecule has 6 heteroatoms. The fourth-order valence-electron chi connectivity index (χ4n) is 2.19. The molecule has 5 nitrogen and oxygen atoms in total. The van der Waals surface area contributed by atoms with E-state index in [4.69, 9.17) is 20.3 Å². The van der Waals surface area contributed by atoms with Gasteiger partial charge in [0.25, 0.3) is 0 Å². The van der Waals surface area contributed by atoms with Crippen molar-refractivity contribution in [2.75, 3.05) is 13.7 Å². The van der Waals surface area contributed by atoms with Gasteiger partial charge in [-0.1, -0.05) is 15.9 Å². The Kier molecular flexibility index (Phi) is 4.31. The fraction of sp³-hybridized carbons (Fsp3) is 0.462. The Labute approximate surface area is 119 Å². The second kappa shape index (κ2) is 5.79. The van der Waals surface area contributed by atoms with Gasteiger partial charge in [-0.15, -0.1) is 0 Å². The minimum atomic E-state index is -0.844. The molecule has 0 spiro atoms. The molecule has 0 saturated carbocycles. The number of methoxy groups -OCH3 is 1. The van der Waals surface area contributed by atoms with Gasteiger partial charge in [0.15, 0.2) is 11.5 Å². The molecule has 1 aliphatic heterocycles. The third-order valence-electron chi connectivity index (χ3n) is 3.19. The molecule has 19 heavy (non-hydrogen) atoms. The summed E-state index contributed by atoms with van der Waals surface area (Å²) in [4.78, 5) is 10.6. The van der Waals surface area contributed by atoms with Crippen molar-refractivity contribution in [1.82, 2.24) is 0 Å². The van der Waals surface area contributed by atoms with Gasteiger partial charge in [-0.25, -0.2) is 0 Å². The first-order valence-electron chi connectivity index (χ1n) is 6.04. The Balaban J connectivity index is 2.33. The molecular formula is C13H16BrNO4. The van der Waals surface area contributed by atoms with Crippen LogP contribution in [-0.2, 0) is 11.2 Å². The number of rotatable bonds is 5. The largest absolute Gasteiger partial charge is 0.493 e. The molecule has 0 bridgehead atoms. The molecule has 1 aliphatic rings. The van der Waals surface area contributed by atoms with Crippen LogP contribution in [-0.4, -0.2) is 24.8 Å². The van der Waals surface area contributed by atoms with Gasteiger partial charge >= 0.3 is 5.97 Å². The van der Waals surface area contributed by atoms with E-state index in [0.29, 0.717) is 18.8 Å². The molecule has 1 unspecified atom stereocenters. The van der Waals surface area contributed by atoms with Gasteiger partial charge < -0.3 is 20.3 Å². The Morgan fingerprint density at radius 1 is 1.68 bits per heavy atom. The minimum absolute atomic E-state index is 0.0451. The molecule has 1 heterocycles. The van der Waals surface area contributed by atoms with Gasteiger partial charge in [0.05, 0.1) is 13.7 Å². The molecular weight excluding hydrogens is 314 g/mol. The van der Waals surface area contributed by atoms with Gasteiger partial charge in [-0.3, -0.25) is 4.79 Å². The van der Waals surface area contributed by atoms with Crippen LogP contribution >= 0.6 is 15.9 Å². The third kappa shape index (κ3) is 2.84. The highest BCUT2D eigenvalue weighted by Gasteiger charge is 2.25. The van der Waals surface area contributed by atoms with E-state index in [1.807, 2.05) is 6.07 Å². The zero-order valence-corrected chi connectivity index (χ0v) is 12.2. The average Bonchev–Trinajstić information content (AvgIpc) is 2.86. The smallest absolute Gasteiger partial charge is 0.303 e. The zero-order valence-electron chi connectivity index (χ0n) is 10.6. The van der Waals surface area contributed by atoms with E-state index in [1.54, 1.807) is 7.11 Å². The number of carboxylic acid groups (broad SMARTS) is 1. The number of carboxylic acids is 1. The number of benzene rings is 1. The first-order chi connectivity index (χ1) is 9.04. The number of fused-ring (bicyclic) bond motifs is 1. The van der Waals surface area contributed by atoms with Gasteiger partial charge in [-0.05, 0) is 18.1 Å². The lowest BCUT2D eigenvalue weighted by molar-refractivity contribution is -0.137. The Hall–Kier alpha value is -1.27. The van der Waals surface area contributed by atoms with Crippen LogP contribution in [0.15, 0.2) is 10.5 Å². The average molecular weight is 330 g/mol. The summed E-state index contributed by atoms with van der Waals surface area (Å²) < 4.78 is 11.8. The second-order valence-electron chi connectivity index (χ2n) is 4.43. The second-order valence-corrected chi connectivity index (χ2v) is 5.22.